The smallest absolute Gasteiger partial charge is 0.259 e. The minimum Gasteiger partial charge on any atom is -0.494 e. The average Bonchev–Trinajstić information content (AvgIpc) is 2.78. The second kappa shape index (κ2) is 11.5. The second-order valence-corrected chi connectivity index (χ2v) is 6.69. The summed E-state index contributed by atoms with van der Waals surface area (Å²) in [5.41, 5.74) is 1.14. The van der Waals surface area contributed by atoms with Gasteiger partial charge in [-0.05, 0) is 42.8 Å². The van der Waals surface area contributed by atoms with Gasteiger partial charge in [-0.2, -0.15) is 0 Å². The Morgan fingerprint density at radius 2 is 1.47 bits per heavy atom. The number of hydrogen-bond donors (Lipinski definition) is 1. The maximum atomic E-state index is 12.8. The number of nitrogens with one attached hydrogen (secondary N) is 1. The molecule has 0 aliphatic carbocycles. The van der Waals surface area contributed by atoms with Crippen LogP contribution in [0.15, 0.2) is 78.9 Å². The van der Waals surface area contributed by atoms with Crippen LogP contribution in [-0.4, -0.2) is 25.7 Å². The minimum atomic E-state index is -0.236. The van der Waals surface area contributed by atoms with Crippen LogP contribution in [-0.2, 0) is 0 Å². The van der Waals surface area contributed by atoms with Crippen LogP contribution in [0.1, 0.15) is 30.1 Å². The van der Waals surface area contributed by atoms with Gasteiger partial charge in [0.1, 0.15) is 30.5 Å². The number of hydrogen-bond acceptors (Lipinski definition) is 4. The third kappa shape index (κ3) is 6.55. The first-order valence-electron chi connectivity index (χ1n) is 10.2. The Hall–Kier alpha value is -3.47. The van der Waals surface area contributed by atoms with Crippen molar-refractivity contribution in [3.05, 3.63) is 84.4 Å². The molecule has 5 nitrogen and oxygen atoms in total. The van der Waals surface area contributed by atoms with E-state index in [0.29, 0.717) is 36.8 Å². The number of unbranched alkanes of at least 4 members (excludes halogenated alkanes) is 1. The third-order valence-electron chi connectivity index (χ3n) is 4.34. The van der Waals surface area contributed by atoms with Crippen molar-refractivity contribution in [1.29, 1.82) is 0 Å². The fourth-order valence-corrected chi connectivity index (χ4v) is 2.80. The molecule has 0 heterocycles. The van der Waals surface area contributed by atoms with Gasteiger partial charge in [0.25, 0.3) is 5.91 Å². The number of para-hydroxylation sites is 2. The van der Waals surface area contributed by atoms with E-state index in [1.54, 1.807) is 12.1 Å². The fraction of sp³-hybridized carbons (Fsp3) is 0.240. The molecule has 1 N–H and O–H groups in total. The summed E-state index contributed by atoms with van der Waals surface area (Å²) in [7, 11) is 0. The van der Waals surface area contributed by atoms with Gasteiger partial charge < -0.3 is 19.5 Å². The highest BCUT2D eigenvalue weighted by Gasteiger charge is 2.13. The zero-order valence-electron chi connectivity index (χ0n) is 17.2. The van der Waals surface area contributed by atoms with Crippen LogP contribution in [0.5, 0.6) is 17.2 Å². The summed E-state index contributed by atoms with van der Waals surface area (Å²) in [4.78, 5) is 12.8. The molecule has 0 bridgehead atoms. The highest BCUT2D eigenvalue weighted by Crippen LogP contribution is 2.22. The lowest BCUT2D eigenvalue weighted by molar-refractivity contribution is 0.102. The van der Waals surface area contributed by atoms with Crippen molar-refractivity contribution < 1.29 is 19.0 Å². The number of benzene rings is 3. The Morgan fingerprint density at radius 1 is 0.767 bits per heavy atom. The van der Waals surface area contributed by atoms with E-state index in [1.165, 1.54) is 0 Å². The molecule has 1 amide bonds. The predicted octanol–water partition coefficient (Wildman–Crippen LogP) is 5.58. The Labute approximate surface area is 177 Å². The van der Waals surface area contributed by atoms with Gasteiger partial charge in [-0.1, -0.05) is 49.7 Å². The maximum Gasteiger partial charge on any atom is 0.259 e. The van der Waals surface area contributed by atoms with Gasteiger partial charge in [0.15, 0.2) is 0 Å². The predicted molar refractivity (Wildman–Crippen MR) is 119 cm³/mol. The summed E-state index contributed by atoms with van der Waals surface area (Å²) in [6, 6.07) is 24.1. The zero-order chi connectivity index (χ0) is 21.0. The number of anilines is 1. The Balaban J connectivity index is 1.56. The first kappa shape index (κ1) is 21.2. The van der Waals surface area contributed by atoms with Gasteiger partial charge in [0.05, 0.1) is 12.2 Å². The van der Waals surface area contributed by atoms with Gasteiger partial charge >= 0.3 is 0 Å². The highest BCUT2D eigenvalue weighted by atomic mass is 16.5. The maximum absolute atomic E-state index is 12.8. The van der Waals surface area contributed by atoms with E-state index in [1.807, 2.05) is 66.7 Å². The molecule has 156 valence electrons. The molecule has 3 aromatic carbocycles. The Morgan fingerprint density at radius 3 is 2.30 bits per heavy atom. The van der Waals surface area contributed by atoms with Crippen molar-refractivity contribution in [1.82, 2.24) is 0 Å². The average molecular weight is 405 g/mol. The minimum absolute atomic E-state index is 0.236. The molecule has 30 heavy (non-hydrogen) atoms. The number of ether oxygens (including phenoxy) is 3. The summed E-state index contributed by atoms with van der Waals surface area (Å²) >= 11 is 0. The van der Waals surface area contributed by atoms with Crippen LogP contribution in [0.2, 0.25) is 0 Å². The van der Waals surface area contributed by atoms with E-state index in [4.69, 9.17) is 14.2 Å². The first-order valence-corrected chi connectivity index (χ1v) is 10.2. The molecule has 0 aromatic heterocycles. The van der Waals surface area contributed by atoms with E-state index in [9.17, 15) is 4.79 Å². The highest BCUT2D eigenvalue weighted by molar-refractivity contribution is 6.06. The molecule has 0 atom stereocenters. The van der Waals surface area contributed by atoms with E-state index in [-0.39, 0.29) is 5.91 Å². The van der Waals surface area contributed by atoms with E-state index < -0.39 is 0 Å². The van der Waals surface area contributed by atoms with E-state index >= 15 is 0 Å². The van der Waals surface area contributed by atoms with Crippen LogP contribution >= 0.6 is 0 Å². The normalized spacial score (nSPS) is 10.3. The molecule has 3 aromatic rings. The molecular weight excluding hydrogens is 378 g/mol. The van der Waals surface area contributed by atoms with Crippen LogP contribution in [0.4, 0.5) is 5.69 Å². The second-order valence-electron chi connectivity index (χ2n) is 6.69. The van der Waals surface area contributed by atoms with Crippen molar-refractivity contribution in [2.45, 2.75) is 19.8 Å². The Bertz CT molecular complexity index is 927. The molecule has 3 rings (SSSR count). The topological polar surface area (TPSA) is 56.8 Å². The van der Waals surface area contributed by atoms with Gasteiger partial charge in [0, 0.05) is 11.8 Å². The fourth-order valence-electron chi connectivity index (χ4n) is 2.80. The summed E-state index contributed by atoms with van der Waals surface area (Å²) in [5, 5.41) is 2.92. The van der Waals surface area contributed by atoms with Crippen LogP contribution in [0, 0.1) is 0 Å². The first-order chi connectivity index (χ1) is 14.8. The molecule has 0 saturated carbocycles. The van der Waals surface area contributed by atoms with Crippen LogP contribution < -0.4 is 19.5 Å². The van der Waals surface area contributed by atoms with Crippen molar-refractivity contribution in [3.8, 4) is 17.2 Å². The lowest BCUT2D eigenvalue weighted by atomic mass is 10.2. The number of carbonyl (C=O) groups excluding carboxylic acids is 1. The number of carbonyl (C=O) groups is 1. The van der Waals surface area contributed by atoms with Crippen molar-refractivity contribution in [2.75, 3.05) is 25.1 Å². The number of rotatable bonds is 11. The third-order valence-corrected chi connectivity index (χ3v) is 4.34. The van der Waals surface area contributed by atoms with Crippen molar-refractivity contribution >= 4 is 11.6 Å². The lowest BCUT2D eigenvalue weighted by Gasteiger charge is -2.13. The summed E-state index contributed by atoms with van der Waals surface area (Å²) in [6.45, 7) is 3.50. The van der Waals surface area contributed by atoms with E-state index in [0.717, 1.165) is 24.3 Å². The monoisotopic (exact) mass is 405 g/mol. The largest absolute Gasteiger partial charge is 0.494 e. The molecule has 5 heteroatoms. The molecule has 0 saturated heterocycles. The van der Waals surface area contributed by atoms with Crippen molar-refractivity contribution in [2.24, 2.45) is 0 Å². The summed E-state index contributed by atoms with van der Waals surface area (Å²) in [6.07, 6.45) is 2.07. The lowest BCUT2D eigenvalue weighted by Crippen LogP contribution is -2.15. The van der Waals surface area contributed by atoms with Crippen molar-refractivity contribution in [3.63, 3.8) is 0 Å². The quantitative estimate of drug-likeness (QED) is 0.423. The van der Waals surface area contributed by atoms with E-state index in [2.05, 4.69) is 12.2 Å². The molecular formula is C25H27NO4. The molecule has 0 aliphatic rings. The van der Waals surface area contributed by atoms with Crippen LogP contribution in [0.3, 0.4) is 0 Å². The summed E-state index contributed by atoms with van der Waals surface area (Å²) < 4.78 is 17.1. The van der Waals surface area contributed by atoms with Gasteiger partial charge in [-0.25, -0.2) is 0 Å². The molecule has 0 aliphatic heterocycles. The van der Waals surface area contributed by atoms with Gasteiger partial charge in [-0.15, -0.1) is 0 Å². The molecule has 0 unspecified atom stereocenters. The molecule has 0 radical (unpaired) electrons. The molecule has 0 fully saturated rings. The number of amides is 1. The summed E-state index contributed by atoms with van der Waals surface area (Å²) in [5.74, 6) is 1.80. The van der Waals surface area contributed by atoms with Gasteiger partial charge in [-0.3, -0.25) is 4.79 Å². The zero-order valence-corrected chi connectivity index (χ0v) is 17.2. The Kier molecular flexibility index (Phi) is 8.15. The SMILES string of the molecule is CCCCOc1cccc(NC(=O)c2ccccc2OCCOc2ccccc2)c1. The standard InChI is InChI=1S/C25H27NO4/c1-2-3-16-28-22-13-9-10-20(19-22)26-25(27)23-14-7-8-15-24(23)30-18-17-29-21-11-5-4-6-12-21/h4-15,19H,2-3,16-18H2,1H3,(H,26,27). The van der Waals surface area contributed by atoms with Gasteiger partial charge in [0.2, 0.25) is 0 Å². The molecule has 0 spiro atoms. The van der Waals surface area contributed by atoms with Crippen LogP contribution in [0.25, 0.3) is 0 Å².